The number of amides is 1. The van der Waals surface area contributed by atoms with E-state index in [2.05, 4.69) is 24.5 Å². The SMILES string of the molecule is CC(C)CCN/C=C(/C#N)C(=O)NCc1ccccc1Cl. The van der Waals surface area contributed by atoms with Gasteiger partial charge in [0.1, 0.15) is 11.6 Å². The van der Waals surface area contributed by atoms with E-state index >= 15 is 0 Å². The third-order valence-corrected chi connectivity index (χ3v) is 3.24. The molecular weight excluding hydrogens is 286 g/mol. The quantitative estimate of drug-likeness (QED) is 0.462. The fourth-order valence-corrected chi connectivity index (χ4v) is 1.81. The smallest absolute Gasteiger partial charge is 0.263 e. The van der Waals surface area contributed by atoms with Gasteiger partial charge in [0.25, 0.3) is 5.91 Å². The minimum Gasteiger partial charge on any atom is -0.390 e. The molecule has 0 aromatic heterocycles. The van der Waals surface area contributed by atoms with Gasteiger partial charge in [-0.05, 0) is 24.0 Å². The highest BCUT2D eigenvalue weighted by Gasteiger charge is 2.09. The number of benzene rings is 1. The minimum atomic E-state index is -0.408. The van der Waals surface area contributed by atoms with E-state index in [0.29, 0.717) is 17.5 Å². The summed E-state index contributed by atoms with van der Waals surface area (Å²) in [5.74, 6) is 0.167. The Morgan fingerprint density at radius 1 is 1.43 bits per heavy atom. The van der Waals surface area contributed by atoms with Gasteiger partial charge in [0.2, 0.25) is 0 Å². The highest BCUT2D eigenvalue weighted by Crippen LogP contribution is 2.14. The van der Waals surface area contributed by atoms with E-state index in [0.717, 1.165) is 18.5 Å². The van der Waals surface area contributed by atoms with Gasteiger partial charge >= 0.3 is 0 Å². The Bertz CT molecular complexity index is 547. The monoisotopic (exact) mass is 305 g/mol. The molecule has 2 N–H and O–H groups in total. The third kappa shape index (κ3) is 6.33. The lowest BCUT2D eigenvalue weighted by Crippen LogP contribution is -2.25. The number of nitrogens with one attached hydrogen (secondary N) is 2. The maximum Gasteiger partial charge on any atom is 0.263 e. The van der Waals surface area contributed by atoms with Crippen molar-refractivity contribution >= 4 is 17.5 Å². The first-order valence-corrected chi connectivity index (χ1v) is 7.27. The Balaban J connectivity index is 2.50. The molecule has 0 aliphatic heterocycles. The maximum absolute atomic E-state index is 11.9. The lowest BCUT2D eigenvalue weighted by molar-refractivity contribution is -0.117. The van der Waals surface area contributed by atoms with Crippen LogP contribution in [0.5, 0.6) is 0 Å². The fourth-order valence-electron chi connectivity index (χ4n) is 1.61. The Labute approximate surface area is 130 Å². The van der Waals surface area contributed by atoms with Gasteiger partial charge in [-0.15, -0.1) is 0 Å². The molecule has 0 fully saturated rings. The molecule has 0 bridgehead atoms. The van der Waals surface area contributed by atoms with E-state index in [1.807, 2.05) is 24.3 Å². The zero-order valence-electron chi connectivity index (χ0n) is 12.3. The second-order valence-electron chi connectivity index (χ2n) is 5.08. The van der Waals surface area contributed by atoms with Crippen LogP contribution in [-0.4, -0.2) is 12.5 Å². The number of carbonyl (C=O) groups excluding carboxylic acids is 1. The van der Waals surface area contributed by atoms with E-state index < -0.39 is 5.91 Å². The van der Waals surface area contributed by atoms with Crippen LogP contribution in [0.3, 0.4) is 0 Å². The molecule has 1 rings (SSSR count). The predicted molar refractivity (Wildman–Crippen MR) is 84.5 cm³/mol. The highest BCUT2D eigenvalue weighted by molar-refractivity contribution is 6.31. The van der Waals surface area contributed by atoms with Gasteiger partial charge in [-0.3, -0.25) is 4.79 Å². The molecule has 0 heterocycles. The number of hydrogen-bond donors (Lipinski definition) is 2. The van der Waals surface area contributed by atoms with E-state index in [9.17, 15) is 4.79 Å². The fraction of sp³-hybridized carbons (Fsp3) is 0.375. The summed E-state index contributed by atoms with van der Waals surface area (Å²) in [5.41, 5.74) is 0.878. The topological polar surface area (TPSA) is 64.9 Å². The number of nitriles is 1. The summed E-state index contributed by atoms with van der Waals surface area (Å²) < 4.78 is 0. The molecule has 0 saturated heterocycles. The van der Waals surface area contributed by atoms with Crippen LogP contribution < -0.4 is 10.6 Å². The highest BCUT2D eigenvalue weighted by atomic mass is 35.5. The maximum atomic E-state index is 11.9. The standard InChI is InChI=1S/C16H20ClN3O/c1-12(2)7-8-19-10-14(9-18)16(21)20-11-13-5-3-4-6-15(13)17/h3-6,10,12,19H,7-8,11H2,1-2H3,(H,20,21)/b14-10-. The van der Waals surface area contributed by atoms with Gasteiger partial charge in [-0.1, -0.05) is 43.6 Å². The van der Waals surface area contributed by atoms with Gasteiger partial charge in [0, 0.05) is 24.3 Å². The first-order valence-electron chi connectivity index (χ1n) is 6.90. The second kappa shape index (κ2) is 9.04. The molecule has 0 atom stereocenters. The van der Waals surface area contributed by atoms with E-state index in [1.165, 1.54) is 6.20 Å². The van der Waals surface area contributed by atoms with Crippen molar-refractivity contribution in [2.45, 2.75) is 26.8 Å². The minimum absolute atomic E-state index is 0.0609. The van der Waals surface area contributed by atoms with Crippen LogP contribution in [0, 0.1) is 17.2 Å². The molecule has 0 saturated carbocycles. The van der Waals surface area contributed by atoms with Crippen LogP contribution in [0.25, 0.3) is 0 Å². The number of nitrogens with zero attached hydrogens (tertiary/aromatic N) is 1. The van der Waals surface area contributed by atoms with Gasteiger partial charge in [-0.2, -0.15) is 5.26 Å². The average molecular weight is 306 g/mol. The van der Waals surface area contributed by atoms with Crippen LogP contribution in [0.1, 0.15) is 25.8 Å². The summed E-state index contributed by atoms with van der Waals surface area (Å²) in [6.45, 7) is 5.27. The second-order valence-corrected chi connectivity index (χ2v) is 5.49. The summed E-state index contributed by atoms with van der Waals surface area (Å²) in [6.07, 6.45) is 2.45. The van der Waals surface area contributed by atoms with Crippen molar-refractivity contribution in [3.63, 3.8) is 0 Å². The Hall–Kier alpha value is -1.99. The van der Waals surface area contributed by atoms with Crippen LogP contribution in [0.15, 0.2) is 36.0 Å². The van der Waals surface area contributed by atoms with Crippen molar-refractivity contribution < 1.29 is 4.79 Å². The van der Waals surface area contributed by atoms with Crippen molar-refractivity contribution in [3.8, 4) is 6.07 Å². The van der Waals surface area contributed by atoms with Gasteiger partial charge in [0.05, 0.1) is 0 Å². The molecular formula is C16H20ClN3O. The number of rotatable bonds is 7. The Kier molecular flexibility index (Phi) is 7.34. The van der Waals surface area contributed by atoms with E-state index in [4.69, 9.17) is 16.9 Å². The van der Waals surface area contributed by atoms with Crippen molar-refractivity contribution in [2.75, 3.05) is 6.54 Å². The van der Waals surface area contributed by atoms with Crippen LogP contribution in [0.2, 0.25) is 5.02 Å². The largest absolute Gasteiger partial charge is 0.390 e. The molecule has 4 nitrogen and oxygen atoms in total. The summed E-state index contributed by atoms with van der Waals surface area (Å²) in [6, 6.07) is 9.16. The predicted octanol–water partition coefficient (Wildman–Crippen LogP) is 3.00. The lowest BCUT2D eigenvalue weighted by atomic mass is 10.1. The molecule has 0 aliphatic rings. The van der Waals surface area contributed by atoms with E-state index in [1.54, 1.807) is 6.07 Å². The number of carbonyl (C=O) groups is 1. The summed E-state index contributed by atoms with van der Waals surface area (Å²) in [5, 5.41) is 15.3. The molecule has 1 amide bonds. The van der Waals surface area contributed by atoms with Gasteiger partial charge < -0.3 is 10.6 Å². The zero-order chi connectivity index (χ0) is 15.7. The average Bonchev–Trinajstić information content (AvgIpc) is 2.46. The molecule has 1 aromatic carbocycles. The number of halogens is 1. The van der Waals surface area contributed by atoms with Crippen molar-refractivity contribution in [1.29, 1.82) is 5.26 Å². The Morgan fingerprint density at radius 3 is 2.76 bits per heavy atom. The van der Waals surface area contributed by atoms with Crippen molar-refractivity contribution in [3.05, 3.63) is 46.6 Å². The normalized spacial score (nSPS) is 11.1. The molecule has 1 aromatic rings. The van der Waals surface area contributed by atoms with Crippen molar-refractivity contribution in [2.24, 2.45) is 5.92 Å². The van der Waals surface area contributed by atoms with Crippen LogP contribution in [-0.2, 0) is 11.3 Å². The lowest BCUT2D eigenvalue weighted by Gasteiger charge is -2.07. The van der Waals surface area contributed by atoms with E-state index in [-0.39, 0.29) is 5.57 Å². The summed E-state index contributed by atoms with van der Waals surface area (Å²) in [7, 11) is 0. The first-order chi connectivity index (χ1) is 10.0. The molecule has 112 valence electrons. The number of hydrogen-bond acceptors (Lipinski definition) is 3. The van der Waals surface area contributed by atoms with Gasteiger partial charge in [-0.25, -0.2) is 0 Å². The molecule has 5 heteroatoms. The van der Waals surface area contributed by atoms with Crippen LogP contribution in [0.4, 0.5) is 0 Å². The summed E-state index contributed by atoms with van der Waals surface area (Å²) >= 11 is 6.01. The van der Waals surface area contributed by atoms with Crippen LogP contribution >= 0.6 is 11.6 Å². The molecule has 0 radical (unpaired) electrons. The molecule has 0 spiro atoms. The zero-order valence-corrected chi connectivity index (χ0v) is 13.1. The Morgan fingerprint density at radius 2 is 2.14 bits per heavy atom. The molecule has 0 unspecified atom stereocenters. The summed E-state index contributed by atoms with van der Waals surface area (Å²) in [4.78, 5) is 11.9. The first kappa shape index (κ1) is 17.1. The molecule has 21 heavy (non-hydrogen) atoms. The molecule has 0 aliphatic carbocycles. The van der Waals surface area contributed by atoms with Crippen molar-refractivity contribution in [1.82, 2.24) is 10.6 Å². The van der Waals surface area contributed by atoms with Gasteiger partial charge in [0.15, 0.2) is 0 Å². The third-order valence-electron chi connectivity index (χ3n) is 2.87.